The van der Waals surface area contributed by atoms with Crippen molar-refractivity contribution in [1.82, 2.24) is 10.6 Å². The lowest BCUT2D eigenvalue weighted by Gasteiger charge is -2.40. The van der Waals surface area contributed by atoms with Crippen molar-refractivity contribution in [2.45, 2.75) is 57.2 Å². The van der Waals surface area contributed by atoms with E-state index < -0.39 is 0 Å². The van der Waals surface area contributed by atoms with Gasteiger partial charge in [0.2, 0.25) is 5.91 Å². The predicted molar refractivity (Wildman–Crippen MR) is 120 cm³/mol. The maximum atomic E-state index is 11.3. The zero-order valence-electron chi connectivity index (χ0n) is 17.7. The number of nitrogens with zero attached hydrogens (tertiary/aromatic N) is 1. The highest BCUT2D eigenvalue weighted by Gasteiger charge is 2.43. The van der Waals surface area contributed by atoms with Crippen molar-refractivity contribution >= 4 is 17.6 Å². The quantitative estimate of drug-likeness (QED) is 0.527. The molecule has 2 aromatic carbocycles. The standard InChI is InChI=1S/C24H30N4O2/c1-17(29)27-19-9-7-8-18(14-19)16-26-23(25-2)28-21-15-24(12-5-6-13-24)30-22-11-4-3-10-20(21)22/h3-4,7-11,14,21H,5-6,12-13,15-16H2,1-2H3,(H,27,29)(H2,25,26,28). The Hall–Kier alpha value is -3.02. The van der Waals surface area contributed by atoms with Crippen LogP contribution in [-0.2, 0) is 11.3 Å². The Bertz CT molecular complexity index is 934. The summed E-state index contributed by atoms with van der Waals surface area (Å²) in [6.45, 7) is 2.13. The molecule has 1 amide bonds. The van der Waals surface area contributed by atoms with E-state index in [0.717, 1.165) is 42.2 Å². The van der Waals surface area contributed by atoms with Gasteiger partial charge in [-0.3, -0.25) is 9.79 Å². The SMILES string of the molecule is CN=C(NCc1cccc(NC(C)=O)c1)NC1CC2(CCCC2)Oc2ccccc21. The molecule has 1 saturated carbocycles. The maximum absolute atomic E-state index is 11.3. The number of guanidine groups is 1. The minimum atomic E-state index is -0.0726. The molecule has 0 bridgehead atoms. The summed E-state index contributed by atoms with van der Waals surface area (Å²) in [5, 5.41) is 9.85. The Morgan fingerprint density at radius 2 is 1.97 bits per heavy atom. The minimum Gasteiger partial charge on any atom is -0.487 e. The number of carbonyl (C=O) groups is 1. The second-order valence-electron chi connectivity index (χ2n) is 8.24. The average molecular weight is 407 g/mol. The lowest BCUT2D eigenvalue weighted by atomic mass is 9.86. The van der Waals surface area contributed by atoms with E-state index in [1.165, 1.54) is 25.3 Å². The summed E-state index contributed by atoms with van der Waals surface area (Å²) in [7, 11) is 1.79. The van der Waals surface area contributed by atoms with E-state index in [1.54, 1.807) is 7.05 Å². The van der Waals surface area contributed by atoms with Crippen LogP contribution in [0, 0.1) is 0 Å². The lowest BCUT2D eigenvalue weighted by Crippen LogP contribution is -2.46. The van der Waals surface area contributed by atoms with E-state index >= 15 is 0 Å². The van der Waals surface area contributed by atoms with Gasteiger partial charge in [0.05, 0.1) is 6.04 Å². The van der Waals surface area contributed by atoms with Gasteiger partial charge in [0, 0.05) is 38.2 Å². The summed E-state index contributed by atoms with van der Waals surface area (Å²) < 4.78 is 6.47. The number of ether oxygens (including phenoxy) is 1. The van der Waals surface area contributed by atoms with Gasteiger partial charge in [-0.1, -0.05) is 30.3 Å². The number of aliphatic imine (C=N–C) groups is 1. The van der Waals surface area contributed by atoms with Crippen LogP contribution in [0.4, 0.5) is 5.69 Å². The topological polar surface area (TPSA) is 74.8 Å². The highest BCUT2D eigenvalue weighted by atomic mass is 16.5. The molecule has 0 aromatic heterocycles. The summed E-state index contributed by atoms with van der Waals surface area (Å²) in [6.07, 6.45) is 5.63. The van der Waals surface area contributed by atoms with E-state index in [4.69, 9.17) is 4.74 Å². The Labute approximate surface area is 178 Å². The molecule has 1 heterocycles. The Balaban J connectivity index is 1.45. The van der Waals surface area contributed by atoms with Crippen molar-refractivity contribution in [2.24, 2.45) is 4.99 Å². The number of para-hydroxylation sites is 1. The van der Waals surface area contributed by atoms with E-state index in [0.29, 0.717) is 6.54 Å². The summed E-state index contributed by atoms with van der Waals surface area (Å²) in [5.74, 6) is 1.67. The first-order valence-corrected chi connectivity index (χ1v) is 10.7. The third-order valence-corrected chi connectivity index (χ3v) is 5.95. The Morgan fingerprint density at radius 3 is 2.73 bits per heavy atom. The van der Waals surface area contributed by atoms with Crippen LogP contribution < -0.4 is 20.7 Å². The zero-order valence-corrected chi connectivity index (χ0v) is 17.7. The minimum absolute atomic E-state index is 0.0580. The molecule has 30 heavy (non-hydrogen) atoms. The fourth-order valence-corrected chi connectivity index (χ4v) is 4.58. The van der Waals surface area contributed by atoms with Gasteiger partial charge in [-0.05, 0) is 49.4 Å². The van der Waals surface area contributed by atoms with Gasteiger partial charge in [0.15, 0.2) is 5.96 Å². The number of benzene rings is 2. The smallest absolute Gasteiger partial charge is 0.221 e. The molecule has 0 saturated heterocycles. The zero-order chi connectivity index (χ0) is 21.0. The predicted octanol–water partition coefficient (Wildman–Crippen LogP) is 4.15. The number of hydrogen-bond acceptors (Lipinski definition) is 3. The van der Waals surface area contributed by atoms with Crippen LogP contribution in [0.3, 0.4) is 0 Å². The van der Waals surface area contributed by atoms with Gasteiger partial charge in [-0.25, -0.2) is 0 Å². The number of anilines is 1. The first-order valence-electron chi connectivity index (χ1n) is 10.7. The largest absolute Gasteiger partial charge is 0.487 e. The fourth-order valence-electron chi connectivity index (χ4n) is 4.58. The monoisotopic (exact) mass is 406 g/mol. The van der Waals surface area contributed by atoms with Crippen LogP contribution in [0.15, 0.2) is 53.5 Å². The first kappa shape index (κ1) is 20.3. The van der Waals surface area contributed by atoms with E-state index in [9.17, 15) is 4.79 Å². The number of rotatable bonds is 4. The van der Waals surface area contributed by atoms with E-state index in [-0.39, 0.29) is 17.6 Å². The van der Waals surface area contributed by atoms with E-state index in [2.05, 4.69) is 39.1 Å². The fraction of sp³-hybridized carbons (Fsp3) is 0.417. The Kier molecular flexibility index (Phi) is 5.93. The molecule has 1 aliphatic carbocycles. The summed E-state index contributed by atoms with van der Waals surface area (Å²) >= 11 is 0. The molecular formula is C24H30N4O2. The third-order valence-electron chi connectivity index (χ3n) is 5.95. The van der Waals surface area contributed by atoms with Crippen molar-refractivity contribution in [2.75, 3.05) is 12.4 Å². The molecule has 3 N–H and O–H groups in total. The number of amides is 1. The Morgan fingerprint density at radius 1 is 1.17 bits per heavy atom. The van der Waals surface area contributed by atoms with Crippen LogP contribution in [-0.4, -0.2) is 24.5 Å². The highest BCUT2D eigenvalue weighted by molar-refractivity contribution is 5.88. The van der Waals surface area contributed by atoms with Crippen molar-refractivity contribution in [1.29, 1.82) is 0 Å². The molecule has 4 rings (SSSR count). The molecule has 1 unspecified atom stereocenters. The van der Waals surface area contributed by atoms with E-state index in [1.807, 2.05) is 30.3 Å². The molecule has 1 aliphatic heterocycles. The number of fused-ring (bicyclic) bond motifs is 1. The molecule has 0 radical (unpaired) electrons. The molecule has 1 atom stereocenters. The third kappa shape index (κ3) is 4.58. The van der Waals surface area contributed by atoms with Gasteiger partial charge in [-0.2, -0.15) is 0 Å². The number of nitrogens with one attached hydrogen (secondary N) is 3. The first-order chi connectivity index (χ1) is 14.6. The van der Waals surface area contributed by atoms with Crippen LogP contribution in [0.25, 0.3) is 0 Å². The number of hydrogen-bond donors (Lipinski definition) is 3. The maximum Gasteiger partial charge on any atom is 0.221 e. The van der Waals surface area contributed by atoms with Gasteiger partial charge in [-0.15, -0.1) is 0 Å². The normalized spacial score (nSPS) is 19.7. The summed E-state index contributed by atoms with van der Waals surface area (Å²) in [4.78, 5) is 15.7. The lowest BCUT2D eigenvalue weighted by molar-refractivity contribution is -0.114. The van der Waals surface area contributed by atoms with Crippen molar-refractivity contribution in [3.63, 3.8) is 0 Å². The second-order valence-corrected chi connectivity index (χ2v) is 8.24. The second kappa shape index (κ2) is 8.78. The summed E-state index contributed by atoms with van der Waals surface area (Å²) in [6, 6.07) is 16.3. The molecule has 2 aliphatic rings. The summed E-state index contributed by atoms with van der Waals surface area (Å²) in [5.41, 5.74) is 3.00. The van der Waals surface area contributed by atoms with Crippen molar-refractivity contribution < 1.29 is 9.53 Å². The van der Waals surface area contributed by atoms with Crippen LogP contribution in [0.5, 0.6) is 5.75 Å². The molecule has 2 aromatic rings. The van der Waals surface area contributed by atoms with Gasteiger partial charge in [0.1, 0.15) is 11.4 Å². The molecule has 6 nitrogen and oxygen atoms in total. The van der Waals surface area contributed by atoms with Crippen molar-refractivity contribution in [3.8, 4) is 5.75 Å². The average Bonchev–Trinajstić information content (AvgIpc) is 3.18. The van der Waals surface area contributed by atoms with Gasteiger partial charge in [0.25, 0.3) is 0 Å². The van der Waals surface area contributed by atoms with Crippen LogP contribution in [0.2, 0.25) is 0 Å². The molecule has 1 fully saturated rings. The van der Waals surface area contributed by atoms with Crippen LogP contribution >= 0.6 is 0 Å². The highest BCUT2D eigenvalue weighted by Crippen LogP contribution is 2.46. The number of carbonyl (C=O) groups excluding carboxylic acids is 1. The van der Waals surface area contributed by atoms with Gasteiger partial charge >= 0.3 is 0 Å². The van der Waals surface area contributed by atoms with Crippen LogP contribution in [0.1, 0.15) is 56.2 Å². The molecule has 1 spiro atoms. The van der Waals surface area contributed by atoms with Crippen molar-refractivity contribution in [3.05, 3.63) is 59.7 Å². The molecular weight excluding hydrogens is 376 g/mol. The van der Waals surface area contributed by atoms with Gasteiger partial charge < -0.3 is 20.7 Å². The molecule has 158 valence electrons. The molecule has 6 heteroatoms.